The van der Waals surface area contributed by atoms with Gasteiger partial charge in [-0.3, -0.25) is 0 Å². The molecule has 0 amide bonds. The van der Waals surface area contributed by atoms with E-state index in [1.165, 1.54) is 6.33 Å². The minimum absolute atomic E-state index is 0.0402. The Labute approximate surface area is 86.8 Å². The number of ether oxygens (including phenoxy) is 1. The molecule has 78 valence electrons. The van der Waals surface area contributed by atoms with Crippen molar-refractivity contribution >= 4 is 11.2 Å². The SMILES string of the molecule is Cc1nnc2ncnc(OC(C)C)c2n1. The predicted octanol–water partition coefficient (Wildman–Crippen LogP) is 0.910. The highest BCUT2D eigenvalue weighted by Gasteiger charge is 2.09. The quantitative estimate of drug-likeness (QED) is 0.725. The van der Waals surface area contributed by atoms with Crippen molar-refractivity contribution in [1.82, 2.24) is 25.1 Å². The number of nitrogens with zero attached hydrogens (tertiary/aromatic N) is 5. The van der Waals surface area contributed by atoms with Gasteiger partial charge in [-0.1, -0.05) is 0 Å². The van der Waals surface area contributed by atoms with Crippen molar-refractivity contribution in [2.75, 3.05) is 0 Å². The summed E-state index contributed by atoms with van der Waals surface area (Å²) in [4.78, 5) is 12.2. The van der Waals surface area contributed by atoms with Crippen LogP contribution in [0.4, 0.5) is 0 Å². The molecule has 0 spiro atoms. The summed E-state index contributed by atoms with van der Waals surface area (Å²) < 4.78 is 5.50. The molecule has 15 heavy (non-hydrogen) atoms. The van der Waals surface area contributed by atoms with E-state index < -0.39 is 0 Å². The molecule has 6 heteroatoms. The van der Waals surface area contributed by atoms with Gasteiger partial charge in [0, 0.05) is 0 Å². The Hall–Kier alpha value is -1.85. The average molecular weight is 205 g/mol. The maximum Gasteiger partial charge on any atom is 0.245 e. The Morgan fingerprint density at radius 1 is 1.20 bits per heavy atom. The zero-order chi connectivity index (χ0) is 10.8. The summed E-state index contributed by atoms with van der Waals surface area (Å²) in [6, 6.07) is 0. The number of hydrogen-bond donors (Lipinski definition) is 0. The van der Waals surface area contributed by atoms with Crippen LogP contribution in [0.3, 0.4) is 0 Å². The molecule has 0 aromatic carbocycles. The topological polar surface area (TPSA) is 73.7 Å². The lowest BCUT2D eigenvalue weighted by atomic mass is 10.4. The molecule has 0 aliphatic rings. The van der Waals surface area contributed by atoms with Crippen LogP contribution < -0.4 is 4.74 Å². The minimum atomic E-state index is 0.0402. The van der Waals surface area contributed by atoms with E-state index in [2.05, 4.69) is 25.1 Å². The molecule has 0 unspecified atom stereocenters. The third-order valence-electron chi connectivity index (χ3n) is 1.68. The van der Waals surface area contributed by atoms with Crippen LogP contribution in [0.1, 0.15) is 19.7 Å². The second kappa shape index (κ2) is 3.72. The van der Waals surface area contributed by atoms with E-state index in [-0.39, 0.29) is 6.10 Å². The number of rotatable bonds is 2. The van der Waals surface area contributed by atoms with E-state index in [9.17, 15) is 0 Å². The Balaban J connectivity index is 2.58. The zero-order valence-electron chi connectivity index (χ0n) is 8.80. The van der Waals surface area contributed by atoms with Gasteiger partial charge in [-0.25, -0.2) is 9.97 Å². The number of hydrogen-bond acceptors (Lipinski definition) is 6. The number of fused-ring (bicyclic) bond motifs is 1. The van der Waals surface area contributed by atoms with Crippen LogP contribution in [-0.2, 0) is 0 Å². The summed E-state index contributed by atoms with van der Waals surface area (Å²) in [7, 11) is 0. The lowest BCUT2D eigenvalue weighted by molar-refractivity contribution is 0.235. The summed E-state index contributed by atoms with van der Waals surface area (Å²) >= 11 is 0. The third-order valence-corrected chi connectivity index (χ3v) is 1.68. The minimum Gasteiger partial charge on any atom is -0.473 e. The van der Waals surface area contributed by atoms with Crippen molar-refractivity contribution < 1.29 is 4.74 Å². The molecular formula is C9H11N5O. The molecule has 0 aliphatic carbocycles. The van der Waals surface area contributed by atoms with Crippen molar-refractivity contribution in [2.24, 2.45) is 0 Å². The molecule has 0 fully saturated rings. The fraction of sp³-hybridized carbons (Fsp3) is 0.444. The molecule has 6 nitrogen and oxygen atoms in total. The van der Waals surface area contributed by atoms with Gasteiger partial charge in [-0.2, -0.15) is 4.98 Å². The van der Waals surface area contributed by atoms with Crippen LogP contribution in [0.25, 0.3) is 11.2 Å². The highest BCUT2D eigenvalue weighted by atomic mass is 16.5. The van der Waals surface area contributed by atoms with E-state index in [0.29, 0.717) is 22.9 Å². The van der Waals surface area contributed by atoms with Gasteiger partial charge in [0.2, 0.25) is 11.5 Å². The predicted molar refractivity (Wildman–Crippen MR) is 53.4 cm³/mol. The average Bonchev–Trinajstić information content (AvgIpc) is 2.18. The van der Waals surface area contributed by atoms with Crippen LogP contribution in [0.5, 0.6) is 5.88 Å². The van der Waals surface area contributed by atoms with E-state index in [1.807, 2.05) is 13.8 Å². The van der Waals surface area contributed by atoms with Gasteiger partial charge in [0.25, 0.3) is 0 Å². The maximum absolute atomic E-state index is 5.50. The Morgan fingerprint density at radius 3 is 2.73 bits per heavy atom. The Kier molecular flexibility index (Phi) is 2.40. The molecule has 2 rings (SSSR count). The van der Waals surface area contributed by atoms with Gasteiger partial charge in [-0.15, -0.1) is 10.2 Å². The Bertz CT molecular complexity index is 485. The lowest BCUT2D eigenvalue weighted by Crippen LogP contribution is -2.09. The molecular weight excluding hydrogens is 194 g/mol. The summed E-state index contributed by atoms with van der Waals surface area (Å²) in [5.74, 6) is 1.03. The van der Waals surface area contributed by atoms with Crippen molar-refractivity contribution in [3.63, 3.8) is 0 Å². The fourth-order valence-electron chi connectivity index (χ4n) is 1.14. The standard InChI is InChI=1S/C9H11N5O/c1-5(2)15-9-7-8(10-4-11-9)14-13-6(3)12-7/h4-5H,1-3H3. The van der Waals surface area contributed by atoms with E-state index in [4.69, 9.17) is 4.74 Å². The summed E-state index contributed by atoms with van der Waals surface area (Å²) in [5, 5.41) is 7.73. The molecule has 0 radical (unpaired) electrons. The fourth-order valence-corrected chi connectivity index (χ4v) is 1.14. The van der Waals surface area contributed by atoms with Gasteiger partial charge < -0.3 is 4.74 Å². The maximum atomic E-state index is 5.50. The molecule has 0 saturated heterocycles. The van der Waals surface area contributed by atoms with Crippen molar-refractivity contribution in [2.45, 2.75) is 26.9 Å². The van der Waals surface area contributed by atoms with Gasteiger partial charge in [0.1, 0.15) is 12.2 Å². The van der Waals surface area contributed by atoms with E-state index in [0.717, 1.165) is 0 Å². The molecule has 0 N–H and O–H groups in total. The highest BCUT2D eigenvalue weighted by molar-refractivity contribution is 5.74. The van der Waals surface area contributed by atoms with Gasteiger partial charge in [0.05, 0.1) is 6.10 Å². The van der Waals surface area contributed by atoms with Crippen molar-refractivity contribution in [3.8, 4) is 5.88 Å². The summed E-state index contributed by atoms with van der Waals surface area (Å²) in [6.45, 7) is 5.61. The van der Waals surface area contributed by atoms with E-state index >= 15 is 0 Å². The van der Waals surface area contributed by atoms with E-state index in [1.54, 1.807) is 6.92 Å². The number of aryl methyl sites for hydroxylation is 1. The Morgan fingerprint density at radius 2 is 2.00 bits per heavy atom. The van der Waals surface area contributed by atoms with Crippen LogP contribution in [-0.4, -0.2) is 31.3 Å². The first-order valence-electron chi connectivity index (χ1n) is 4.65. The third kappa shape index (κ3) is 1.98. The second-order valence-corrected chi connectivity index (χ2v) is 3.38. The highest BCUT2D eigenvalue weighted by Crippen LogP contribution is 2.17. The monoisotopic (exact) mass is 205 g/mol. The van der Waals surface area contributed by atoms with Crippen LogP contribution in [0, 0.1) is 6.92 Å². The lowest BCUT2D eigenvalue weighted by Gasteiger charge is -2.08. The molecule has 2 aromatic heterocycles. The summed E-state index contributed by atoms with van der Waals surface area (Å²) in [6.07, 6.45) is 1.43. The molecule has 2 heterocycles. The summed E-state index contributed by atoms with van der Waals surface area (Å²) in [5.41, 5.74) is 1.00. The van der Waals surface area contributed by atoms with Gasteiger partial charge in [0.15, 0.2) is 5.52 Å². The van der Waals surface area contributed by atoms with Crippen molar-refractivity contribution in [1.29, 1.82) is 0 Å². The van der Waals surface area contributed by atoms with Crippen LogP contribution in [0.2, 0.25) is 0 Å². The normalized spacial score (nSPS) is 10.9. The molecule has 0 atom stereocenters. The van der Waals surface area contributed by atoms with Gasteiger partial charge >= 0.3 is 0 Å². The smallest absolute Gasteiger partial charge is 0.245 e. The van der Waals surface area contributed by atoms with Crippen LogP contribution >= 0.6 is 0 Å². The van der Waals surface area contributed by atoms with Crippen molar-refractivity contribution in [3.05, 3.63) is 12.2 Å². The largest absolute Gasteiger partial charge is 0.473 e. The molecule has 0 aliphatic heterocycles. The van der Waals surface area contributed by atoms with Gasteiger partial charge in [-0.05, 0) is 20.8 Å². The zero-order valence-corrected chi connectivity index (χ0v) is 8.80. The second-order valence-electron chi connectivity index (χ2n) is 3.38. The number of aromatic nitrogens is 5. The first kappa shape index (κ1) is 9.70. The molecule has 0 saturated carbocycles. The molecule has 0 bridgehead atoms. The van der Waals surface area contributed by atoms with Crippen LogP contribution in [0.15, 0.2) is 6.33 Å². The first-order valence-corrected chi connectivity index (χ1v) is 4.65. The molecule has 2 aromatic rings. The first-order chi connectivity index (χ1) is 7.16.